The topological polar surface area (TPSA) is 12.9 Å². The van der Waals surface area contributed by atoms with E-state index in [1.165, 1.54) is 38.9 Å². The quantitative estimate of drug-likeness (QED) is 0.586. The highest BCUT2D eigenvalue weighted by Gasteiger charge is 2.35. The summed E-state index contributed by atoms with van der Waals surface area (Å²) in [5.41, 5.74) is 9.38. The fourth-order valence-corrected chi connectivity index (χ4v) is 3.56. The first-order chi connectivity index (χ1) is 10.6. The van der Waals surface area contributed by atoms with Gasteiger partial charge in [-0.05, 0) is 52.4 Å². The second-order valence-corrected chi connectivity index (χ2v) is 6.68. The van der Waals surface area contributed by atoms with E-state index in [0.717, 1.165) is 0 Å². The van der Waals surface area contributed by atoms with Crippen molar-refractivity contribution in [3.63, 3.8) is 0 Å². The Morgan fingerprint density at radius 1 is 0.818 bits per heavy atom. The summed E-state index contributed by atoms with van der Waals surface area (Å²) in [4.78, 5) is 4.24. The Morgan fingerprint density at radius 2 is 1.55 bits per heavy atom. The molecule has 0 radical (unpaired) electrons. The molecule has 0 unspecified atom stereocenters. The zero-order valence-electron chi connectivity index (χ0n) is 13.2. The molecule has 0 fully saturated rings. The molecular formula is C21H19N. The van der Waals surface area contributed by atoms with Crippen LogP contribution in [0.4, 0.5) is 0 Å². The molecule has 0 atom stereocenters. The van der Waals surface area contributed by atoms with Crippen LogP contribution in [-0.4, -0.2) is 4.98 Å². The van der Waals surface area contributed by atoms with E-state index in [-0.39, 0.29) is 5.41 Å². The van der Waals surface area contributed by atoms with Gasteiger partial charge in [0.25, 0.3) is 0 Å². The molecular weight excluding hydrogens is 266 g/mol. The zero-order chi connectivity index (χ0) is 15.3. The highest BCUT2D eigenvalue weighted by molar-refractivity contribution is 5.83. The number of rotatable bonds is 1. The Kier molecular flexibility index (Phi) is 2.74. The summed E-state index contributed by atoms with van der Waals surface area (Å²) in [5.74, 6) is 0. The standard InChI is InChI=1S/C21H19N/c1-14-6-8-17-18-9-7-15(16-5-4-10-22-13-16)12-20(18)21(2,3)19(17)11-14/h4-13H,1-3H3. The number of aryl methyl sites for hydroxylation is 1. The number of fused-ring (bicyclic) bond motifs is 3. The molecule has 1 heterocycles. The average Bonchev–Trinajstić information content (AvgIpc) is 2.76. The van der Waals surface area contributed by atoms with Crippen molar-refractivity contribution in [1.29, 1.82) is 0 Å². The predicted octanol–water partition coefficient (Wildman–Crippen LogP) is 5.36. The lowest BCUT2D eigenvalue weighted by Crippen LogP contribution is -2.15. The second kappa shape index (κ2) is 4.54. The molecule has 0 amide bonds. The van der Waals surface area contributed by atoms with E-state index in [4.69, 9.17) is 0 Å². The summed E-state index contributed by atoms with van der Waals surface area (Å²) in [6.07, 6.45) is 3.75. The van der Waals surface area contributed by atoms with E-state index in [9.17, 15) is 0 Å². The highest BCUT2D eigenvalue weighted by atomic mass is 14.6. The van der Waals surface area contributed by atoms with Crippen LogP contribution in [0.2, 0.25) is 0 Å². The van der Waals surface area contributed by atoms with Crippen LogP contribution in [0.1, 0.15) is 30.5 Å². The van der Waals surface area contributed by atoms with Crippen molar-refractivity contribution in [1.82, 2.24) is 4.98 Å². The van der Waals surface area contributed by atoms with Gasteiger partial charge >= 0.3 is 0 Å². The van der Waals surface area contributed by atoms with Crippen LogP contribution in [0.25, 0.3) is 22.3 Å². The summed E-state index contributed by atoms with van der Waals surface area (Å²) < 4.78 is 0. The largest absolute Gasteiger partial charge is 0.264 e. The maximum atomic E-state index is 4.24. The van der Waals surface area contributed by atoms with E-state index in [2.05, 4.69) is 68.2 Å². The number of hydrogen-bond donors (Lipinski definition) is 0. The molecule has 1 aliphatic rings. The number of nitrogens with zero attached hydrogens (tertiary/aromatic N) is 1. The lowest BCUT2D eigenvalue weighted by Gasteiger charge is -2.22. The number of aromatic nitrogens is 1. The van der Waals surface area contributed by atoms with Crippen LogP contribution in [0.5, 0.6) is 0 Å². The van der Waals surface area contributed by atoms with Gasteiger partial charge in [0, 0.05) is 17.8 Å². The van der Waals surface area contributed by atoms with E-state index >= 15 is 0 Å². The molecule has 2 aromatic carbocycles. The minimum Gasteiger partial charge on any atom is -0.264 e. The molecule has 1 aromatic heterocycles. The van der Waals surface area contributed by atoms with Gasteiger partial charge in [-0.1, -0.05) is 55.8 Å². The van der Waals surface area contributed by atoms with E-state index < -0.39 is 0 Å². The van der Waals surface area contributed by atoms with Gasteiger partial charge in [0.05, 0.1) is 0 Å². The van der Waals surface area contributed by atoms with Crippen LogP contribution in [0.3, 0.4) is 0 Å². The molecule has 0 saturated heterocycles. The smallest absolute Gasteiger partial charge is 0.0346 e. The van der Waals surface area contributed by atoms with Crippen molar-refractivity contribution in [2.75, 3.05) is 0 Å². The Balaban J connectivity index is 1.93. The fraction of sp³-hybridized carbons (Fsp3) is 0.190. The second-order valence-electron chi connectivity index (χ2n) is 6.68. The van der Waals surface area contributed by atoms with Gasteiger partial charge in [-0.25, -0.2) is 0 Å². The SMILES string of the molecule is Cc1ccc2c(c1)C(C)(C)c1cc(-c3cccnc3)ccc1-2. The van der Waals surface area contributed by atoms with E-state index in [0.29, 0.717) is 0 Å². The van der Waals surface area contributed by atoms with Crippen LogP contribution < -0.4 is 0 Å². The van der Waals surface area contributed by atoms with Gasteiger partial charge in [-0.15, -0.1) is 0 Å². The molecule has 0 bridgehead atoms. The summed E-state index contributed by atoms with van der Waals surface area (Å²) >= 11 is 0. The molecule has 1 nitrogen and oxygen atoms in total. The van der Waals surface area contributed by atoms with Gasteiger partial charge in [-0.3, -0.25) is 4.98 Å². The first kappa shape index (κ1) is 13.3. The Labute approximate surface area is 131 Å². The van der Waals surface area contributed by atoms with Crippen LogP contribution in [0, 0.1) is 6.92 Å². The molecule has 22 heavy (non-hydrogen) atoms. The minimum absolute atomic E-state index is 0.0505. The normalized spacial score (nSPS) is 14.5. The van der Waals surface area contributed by atoms with Gasteiger partial charge in [0.2, 0.25) is 0 Å². The number of pyridine rings is 1. The molecule has 0 aliphatic heterocycles. The predicted molar refractivity (Wildman–Crippen MR) is 92.0 cm³/mol. The first-order valence-electron chi connectivity index (χ1n) is 7.74. The molecule has 4 rings (SSSR count). The number of hydrogen-bond acceptors (Lipinski definition) is 1. The summed E-state index contributed by atoms with van der Waals surface area (Å²) in [5, 5.41) is 0. The number of benzene rings is 2. The van der Waals surface area contributed by atoms with Gasteiger partial charge in [0.15, 0.2) is 0 Å². The Morgan fingerprint density at radius 3 is 2.27 bits per heavy atom. The van der Waals surface area contributed by atoms with Crippen molar-refractivity contribution in [3.8, 4) is 22.3 Å². The Hall–Kier alpha value is -2.41. The van der Waals surface area contributed by atoms with Crippen molar-refractivity contribution in [2.24, 2.45) is 0 Å². The Bertz CT molecular complexity index is 860. The maximum Gasteiger partial charge on any atom is 0.0346 e. The van der Waals surface area contributed by atoms with Crippen molar-refractivity contribution in [3.05, 3.63) is 77.6 Å². The van der Waals surface area contributed by atoms with Crippen LogP contribution in [-0.2, 0) is 5.41 Å². The molecule has 0 spiro atoms. The molecule has 0 N–H and O–H groups in total. The third-order valence-corrected chi connectivity index (χ3v) is 4.83. The fourth-order valence-electron chi connectivity index (χ4n) is 3.56. The highest BCUT2D eigenvalue weighted by Crippen LogP contribution is 2.49. The summed E-state index contributed by atoms with van der Waals surface area (Å²) in [6, 6.07) is 17.7. The molecule has 3 aromatic rings. The molecule has 0 saturated carbocycles. The lowest BCUT2D eigenvalue weighted by molar-refractivity contribution is 0.660. The van der Waals surface area contributed by atoms with E-state index in [1.54, 1.807) is 0 Å². The third kappa shape index (κ3) is 1.82. The molecule has 108 valence electrons. The van der Waals surface area contributed by atoms with Gasteiger partial charge < -0.3 is 0 Å². The monoisotopic (exact) mass is 285 g/mol. The zero-order valence-corrected chi connectivity index (χ0v) is 13.2. The van der Waals surface area contributed by atoms with Crippen molar-refractivity contribution < 1.29 is 0 Å². The van der Waals surface area contributed by atoms with Crippen LogP contribution >= 0.6 is 0 Å². The third-order valence-electron chi connectivity index (χ3n) is 4.83. The maximum absolute atomic E-state index is 4.24. The van der Waals surface area contributed by atoms with Crippen molar-refractivity contribution >= 4 is 0 Å². The summed E-state index contributed by atoms with van der Waals surface area (Å²) in [6.45, 7) is 6.81. The van der Waals surface area contributed by atoms with Crippen LogP contribution in [0.15, 0.2) is 60.9 Å². The lowest BCUT2D eigenvalue weighted by atomic mass is 9.81. The average molecular weight is 285 g/mol. The molecule has 1 aliphatic carbocycles. The molecule has 1 heteroatoms. The first-order valence-corrected chi connectivity index (χ1v) is 7.74. The minimum atomic E-state index is 0.0505. The van der Waals surface area contributed by atoms with E-state index in [1.807, 2.05) is 18.5 Å². The van der Waals surface area contributed by atoms with Gasteiger partial charge in [0.1, 0.15) is 0 Å². The van der Waals surface area contributed by atoms with Crippen molar-refractivity contribution in [2.45, 2.75) is 26.2 Å². The van der Waals surface area contributed by atoms with Gasteiger partial charge in [-0.2, -0.15) is 0 Å². The summed E-state index contributed by atoms with van der Waals surface area (Å²) in [7, 11) is 0.